The van der Waals surface area contributed by atoms with E-state index >= 15 is 0 Å². The number of likely N-dealkylation sites (tertiary alicyclic amines) is 2. The largest absolute Gasteiger partial charge is 0.338 e. The van der Waals surface area contributed by atoms with E-state index in [0.29, 0.717) is 12.1 Å². The topological polar surface area (TPSA) is 36.4 Å². The van der Waals surface area contributed by atoms with Crippen LogP contribution in [0.15, 0.2) is 24.3 Å². The second-order valence-electron chi connectivity index (χ2n) is 6.68. The third kappa shape index (κ3) is 2.88. The third-order valence-electron chi connectivity index (χ3n) is 5.24. The fourth-order valence-corrected chi connectivity index (χ4v) is 5.22. The standard InChI is InChI=1S/C18H23N3OS/c1-13(22)21-11-5-8-16(21)15-7-4-10-20(15)12-18-19-14-6-2-3-9-17(14)23-18/h2-3,6,9,15-16H,4-5,7-8,10-12H2,1H3. The summed E-state index contributed by atoms with van der Waals surface area (Å²) in [6.45, 7) is 4.70. The number of fused-ring (bicyclic) bond motifs is 1. The van der Waals surface area contributed by atoms with E-state index in [2.05, 4.69) is 28.0 Å². The summed E-state index contributed by atoms with van der Waals surface area (Å²) in [4.78, 5) is 21.3. The van der Waals surface area contributed by atoms with E-state index in [9.17, 15) is 4.79 Å². The molecule has 2 aliphatic heterocycles. The van der Waals surface area contributed by atoms with E-state index in [-0.39, 0.29) is 5.91 Å². The van der Waals surface area contributed by atoms with Crippen LogP contribution in [0.1, 0.15) is 37.6 Å². The van der Waals surface area contributed by atoms with Crippen molar-refractivity contribution in [3.05, 3.63) is 29.3 Å². The normalized spacial score (nSPS) is 25.5. The fourth-order valence-electron chi connectivity index (χ4n) is 4.23. The fraction of sp³-hybridized carbons (Fsp3) is 0.556. The van der Waals surface area contributed by atoms with Gasteiger partial charge in [0, 0.05) is 25.6 Å². The maximum absolute atomic E-state index is 11.9. The quantitative estimate of drug-likeness (QED) is 0.867. The van der Waals surface area contributed by atoms with Gasteiger partial charge < -0.3 is 4.90 Å². The average molecular weight is 329 g/mol. The Morgan fingerprint density at radius 1 is 1.22 bits per heavy atom. The Hall–Kier alpha value is -1.46. The van der Waals surface area contributed by atoms with Crippen LogP contribution < -0.4 is 0 Å². The summed E-state index contributed by atoms with van der Waals surface area (Å²) in [6.07, 6.45) is 4.74. The van der Waals surface area contributed by atoms with Crippen LogP contribution in [0, 0.1) is 0 Å². The zero-order valence-corrected chi connectivity index (χ0v) is 14.4. The maximum Gasteiger partial charge on any atom is 0.219 e. The van der Waals surface area contributed by atoms with Crippen LogP contribution in [0.3, 0.4) is 0 Å². The van der Waals surface area contributed by atoms with Gasteiger partial charge in [0.25, 0.3) is 0 Å². The number of carbonyl (C=O) groups is 1. The molecule has 0 radical (unpaired) electrons. The van der Waals surface area contributed by atoms with Crippen molar-refractivity contribution in [2.45, 2.75) is 51.2 Å². The molecule has 1 amide bonds. The first-order chi connectivity index (χ1) is 11.2. The summed E-state index contributed by atoms with van der Waals surface area (Å²) in [5.41, 5.74) is 1.11. The molecule has 2 saturated heterocycles. The van der Waals surface area contributed by atoms with Crippen LogP contribution in [0.2, 0.25) is 0 Å². The first-order valence-corrected chi connectivity index (χ1v) is 9.40. The summed E-state index contributed by atoms with van der Waals surface area (Å²) >= 11 is 1.80. The number of carbonyl (C=O) groups excluding carboxylic acids is 1. The van der Waals surface area contributed by atoms with Crippen molar-refractivity contribution in [1.82, 2.24) is 14.8 Å². The van der Waals surface area contributed by atoms with E-state index in [1.165, 1.54) is 22.5 Å². The summed E-state index contributed by atoms with van der Waals surface area (Å²) in [5.74, 6) is 0.235. The lowest BCUT2D eigenvalue weighted by Gasteiger charge is -2.34. The van der Waals surface area contributed by atoms with E-state index in [1.54, 1.807) is 18.3 Å². The Morgan fingerprint density at radius 3 is 2.83 bits per heavy atom. The van der Waals surface area contributed by atoms with Crippen LogP contribution >= 0.6 is 11.3 Å². The second kappa shape index (κ2) is 6.21. The van der Waals surface area contributed by atoms with E-state index in [4.69, 9.17) is 4.98 Å². The summed E-state index contributed by atoms with van der Waals surface area (Å²) in [5, 5.41) is 1.20. The van der Waals surface area contributed by atoms with E-state index in [1.807, 2.05) is 6.07 Å². The highest BCUT2D eigenvalue weighted by Gasteiger charge is 2.38. The Labute approximate surface area is 141 Å². The lowest BCUT2D eigenvalue weighted by Crippen LogP contribution is -2.47. The highest BCUT2D eigenvalue weighted by Crippen LogP contribution is 2.32. The molecule has 4 nitrogen and oxygen atoms in total. The number of thiazole rings is 1. The van der Waals surface area contributed by atoms with Gasteiger partial charge in [-0.3, -0.25) is 9.69 Å². The zero-order chi connectivity index (χ0) is 15.8. The Morgan fingerprint density at radius 2 is 2.00 bits per heavy atom. The molecular weight excluding hydrogens is 306 g/mol. The van der Waals surface area contributed by atoms with Crippen molar-refractivity contribution in [1.29, 1.82) is 0 Å². The molecule has 2 fully saturated rings. The highest BCUT2D eigenvalue weighted by molar-refractivity contribution is 7.18. The minimum atomic E-state index is 0.235. The van der Waals surface area contributed by atoms with Crippen molar-refractivity contribution < 1.29 is 4.79 Å². The maximum atomic E-state index is 11.9. The third-order valence-corrected chi connectivity index (χ3v) is 6.26. The molecule has 0 bridgehead atoms. The second-order valence-corrected chi connectivity index (χ2v) is 7.79. The number of para-hydroxylation sites is 1. The minimum absolute atomic E-state index is 0.235. The molecule has 122 valence electrons. The van der Waals surface area contributed by atoms with Gasteiger partial charge in [-0.25, -0.2) is 4.98 Å². The van der Waals surface area contributed by atoms with Gasteiger partial charge in [0.05, 0.1) is 16.8 Å². The van der Waals surface area contributed by atoms with Crippen molar-refractivity contribution in [2.24, 2.45) is 0 Å². The lowest BCUT2D eigenvalue weighted by atomic mass is 10.0. The first kappa shape index (κ1) is 15.1. The molecule has 1 aromatic carbocycles. The molecule has 0 N–H and O–H groups in total. The highest BCUT2D eigenvalue weighted by atomic mass is 32.1. The number of amides is 1. The zero-order valence-electron chi connectivity index (χ0n) is 13.6. The van der Waals surface area contributed by atoms with Crippen LogP contribution in [0.5, 0.6) is 0 Å². The van der Waals surface area contributed by atoms with Crippen LogP contribution in [0.4, 0.5) is 0 Å². The molecule has 2 atom stereocenters. The van der Waals surface area contributed by atoms with E-state index in [0.717, 1.165) is 38.0 Å². The van der Waals surface area contributed by atoms with Crippen LogP contribution in [0.25, 0.3) is 10.2 Å². The predicted octanol–water partition coefficient (Wildman–Crippen LogP) is 3.27. The van der Waals surface area contributed by atoms with E-state index < -0.39 is 0 Å². The van der Waals surface area contributed by atoms with Gasteiger partial charge in [-0.15, -0.1) is 11.3 Å². The molecule has 0 saturated carbocycles. The lowest BCUT2D eigenvalue weighted by molar-refractivity contribution is -0.130. The summed E-state index contributed by atoms with van der Waals surface area (Å²) in [6, 6.07) is 9.27. The molecule has 2 unspecified atom stereocenters. The van der Waals surface area contributed by atoms with Crippen molar-refractivity contribution >= 4 is 27.5 Å². The monoisotopic (exact) mass is 329 g/mol. The molecule has 2 aliphatic rings. The SMILES string of the molecule is CC(=O)N1CCCC1C1CCCN1Cc1nc2ccccc2s1. The number of hydrogen-bond acceptors (Lipinski definition) is 4. The number of nitrogens with zero attached hydrogens (tertiary/aromatic N) is 3. The predicted molar refractivity (Wildman–Crippen MR) is 93.5 cm³/mol. The number of aromatic nitrogens is 1. The van der Waals surface area contributed by atoms with Gasteiger partial charge in [0.2, 0.25) is 5.91 Å². The molecular formula is C18H23N3OS. The molecule has 2 aromatic rings. The number of hydrogen-bond donors (Lipinski definition) is 0. The van der Waals surface area contributed by atoms with Gasteiger partial charge in [0.15, 0.2) is 0 Å². The minimum Gasteiger partial charge on any atom is -0.338 e. The number of rotatable bonds is 3. The van der Waals surface area contributed by atoms with Gasteiger partial charge >= 0.3 is 0 Å². The molecule has 5 heteroatoms. The van der Waals surface area contributed by atoms with Gasteiger partial charge in [0.1, 0.15) is 5.01 Å². The Bertz CT molecular complexity index is 680. The first-order valence-electron chi connectivity index (χ1n) is 8.58. The Balaban J connectivity index is 1.52. The molecule has 0 aliphatic carbocycles. The van der Waals surface area contributed by atoms with Crippen molar-refractivity contribution in [2.75, 3.05) is 13.1 Å². The van der Waals surface area contributed by atoms with Gasteiger partial charge in [-0.05, 0) is 44.4 Å². The molecule has 3 heterocycles. The average Bonchev–Trinajstić information content (AvgIpc) is 3.25. The smallest absolute Gasteiger partial charge is 0.219 e. The van der Waals surface area contributed by atoms with Crippen LogP contribution in [-0.2, 0) is 11.3 Å². The molecule has 0 spiro atoms. The Kier molecular flexibility index (Phi) is 4.07. The van der Waals surface area contributed by atoms with Crippen molar-refractivity contribution in [3.63, 3.8) is 0 Å². The van der Waals surface area contributed by atoms with Crippen molar-refractivity contribution in [3.8, 4) is 0 Å². The summed E-state index contributed by atoms with van der Waals surface area (Å²) in [7, 11) is 0. The molecule has 1 aromatic heterocycles. The van der Waals surface area contributed by atoms with Crippen LogP contribution in [-0.4, -0.2) is 45.9 Å². The molecule has 4 rings (SSSR count). The van der Waals surface area contributed by atoms with Gasteiger partial charge in [-0.1, -0.05) is 12.1 Å². The van der Waals surface area contributed by atoms with Gasteiger partial charge in [-0.2, -0.15) is 0 Å². The molecule has 23 heavy (non-hydrogen) atoms. The number of benzene rings is 1. The summed E-state index contributed by atoms with van der Waals surface area (Å²) < 4.78 is 1.27.